The number of nitrogens with one attached hydrogen (secondary N) is 2. The van der Waals surface area contributed by atoms with Crippen molar-refractivity contribution in [2.75, 3.05) is 46.6 Å². The maximum atomic E-state index is 12.6. The van der Waals surface area contributed by atoms with Gasteiger partial charge >= 0.3 is 0 Å². The van der Waals surface area contributed by atoms with Gasteiger partial charge in [0.15, 0.2) is 0 Å². The quantitative estimate of drug-likeness (QED) is 0.195. The van der Waals surface area contributed by atoms with Crippen molar-refractivity contribution in [1.29, 1.82) is 0 Å². The summed E-state index contributed by atoms with van der Waals surface area (Å²) in [5.41, 5.74) is 20.7. The number of carbonyl (C=O) groups excluding carboxylic acids is 1. The molecule has 41 heavy (non-hydrogen) atoms. The Balaban J connectivity index is 0.00000387. The highest BCUT2D eigenvalue weighted by Crippen LogP contribution is 2.30. The Morgan fingerprint density at radius 3 is 2.34 bits per heavy atom. The third kappa shape index (κ3) is 7.13. The van der Waals surface area contributed by atoms with Crippen LogP contribution in [0.4, 0.5) is 29.2 Å². The van der Waals surface area contributed by atoms with Crippen LogP contribution in [-0.4, -0.2) is 81.5 Å². The van der Waals surface area contributed by atoms with Gasteiger partial charge in [0, 0.05) is 61.6 Å². The summed E-state index contributed by atoms with van der Waals surface area (Å²) in [5.74, 6) is 0.558. The Morgan fingerprint density at radius 2 is 1.68 bits per heavy atom. The zero-order valence-corrected chi connectivity index (χ0v) is 23.6. The molecule has 2 aliphatic rings. The molecule has 0 radical (unpaired) electrons. The average Bonchev–Trinajstić information content (AvgIpc) is 3.30. The summed E-state index contributed by atoms with van der Waals surface area (Å²) in [4.78, 5) is 30.3. The van der Waals surface area contributed by atoms with Gasteiger partial charge in [-0.25, -0.2) is 0 Å². The first kappa shape index (κ1) is 30.2. The van der Waals surface area contributed by atoms with Crippen LogP contribution in [0.5, 0.6) is 5.75 Å². The van der Waals surface area contributed by atoms with Crippen molar-refractivity contribution >= 4 is 47.5 Å². The van der Waals surface area contributed by atoms with Gasteiger partial charge in [-0.05, 0) is 44.0 Å². The zero-order chi connectivity index (χ0) is 28.4. The summed E-state index contributed by atoms with van der Waals surface area (Å²) in [6.07, 6.45) is 0.685. The Labute approximate surface area is 244 Å². The molecule has 2 saturated heterocycles. The molecular weight excluding hydrogens is 548 g/mol. The lowest BCUT2D eigenvalue weighted by Gasteiger charge is -2.35. The van der Waals surface area contributed by atoms with E-state index in [9.17, 15) is 15.0 Å². The predicted octanol–water partition coefficient (Wildman–Crippen LogP) is 1.07. The van der Waals surface area contributed by atoms with Crippen LogP contribution >= 0.6 is 12.4 Å². The SMILES string of the molecule is Cc1ccc(C(=O)Nc2ccc(Nc3nc(N4C[C@H](N)C[C@H](N)C4)nc(N4C[C@@H](O)C[C@H]4CN)n3)cc2O)cc1.Cl. The number of aryl methyl sites for hydroxylation is 1. The topological polar surface area (TPSA) is 205 Å². The van der Waals surface area contributed by atoms with E-state index >= 15 is 0 Å². The first-order valence-electron chi connectivity index (χ1n) is 13.3. The van der Waals surface area contributed by atoms with Crippen LogP contribution in [0.15, 0.2) is 42.5 Å². The molecule has 13 nitrogen and oxygen atoms in total. The molecule has 3 aromatic rings. The minimum Gasteiger partial charge on any atom is -0.506 e. The first-order valence-corrected chi connectivity index (χ1v) is 13.3. The number of aliphatic hydroxyl groups is 1. The van der Waals surface area contributed by atoms with E-state index in [1.807, 2.05) is 28.9 Å². The molecule has 2 aromatic carbocycles. The fourth-order valence-corrected chi connectivity index (χ4v) is 5.13. The Kier molecular flexibility index (Phi) is 9.46. The van der Waals surface area contributed by atoms with Gasteiger partial charge in [-0.15, -0.1) is 12.4 Å². The molecule has 0 saturated carbocycles. The van der Waals surface area contributed by atoms with Gasteiger partial charge in [-0.3, -0.25) is 4.79 Å². The van der Waals surface area contributed by atoms with Gasteiger partial charge in [0.2, 0.25) is 17.8 Å². The second kappa shape index (κ2) is 12.8. The first-order chi connectivity index (χ1) is 19.2. The number of hydrogen-bond acceptors (Lipinski definition) is 12. The van der Waals surface area contributed by atoms with Crippen molar-refractivity contribution < 1.29 is 15.0 Å². The van der Waals surface area contributed by atoms with E-state index < -0.39 is 6.10 Å². The Bertz CT molecular complexity index is 1350. The van der Waals surface area contributed by atoms with Crippen molar-refractivity contribution in [2.24, 2.45) is 17.2 Å². The summed E-state index contributed by atoms with van der Waals surface area (Å²) < 4.78 is 0. The number of rotatable bonds is 7. The number of phenolic OH excluding ortho intramolecular Hbond substituents is 1. The number of aromatic hydroxyl groups is 1. The van der Waals surface area contributed by atoms with Crippen LogP contribution in [0.2, 0.25) is 0 Å². The van der Waals surface area contributed by atoms with E-state index in [-0.39, 0.29) is 53.8 Å². The number of aromatic nitrogens is 3. The monoisotopic (exact) mass is 584 g/mol. The van der Waals surface area contributed by atoms with Gasteiger partial charge in [0.1, 0.15) is 5.75 Å². The number of piperidine rings is 1. The molecule has 0 spiro atoms. The Morgan fingerprint density at radius 1 is 1.00 bits per heavy atom. The fourth-order valence-electron chi connectivity index (χ4n) is 5.13. The second-order valence-corrected chi connectivity index (χ2v) is 10.5. The highest BCUT2D eigenvalue weighted by atomic mass is 35.5. The summed E-state index contributed by atoms with van der Waals surface area (Å²) in [5, 5.41) is 26.8. The normalized spacial score (nSPS) is 22.3. The molecule has 4 atom stereocenters. The van der Waals surface area contributed by atoms with Crippen molar-refractivity contribution in [2.45, 2.75) is 44.0 Å². The molecule has 2 fully saturated rings. The number of benzene rings is 2. The lowest BCUT2D eigenvalue weighted by atomic mass is 10.0. The van der Waals surface area contributed by atoms with Gasteiger partial charge < -0.3 is 47.8 Å². The van der Waals surface area contributed by atoms with E-state index in [1.165, 1.54) is 6.07 Å². The molecule has 0 unspecified atom stereocenters. The summed E-state index contributed by atoms with van der Waals surface area (Å²) in [6, 6.07) is 11.6. The van der Waals surface area contributed by atoms with Crippen LogP contribution in [0.1, 0.15) is 28.8 Å². The maximum Gasteiger partial charge on any atom is 0.255 e. The molecule has 14 heteroatoms. The van der Waals surface area contributed by atoms with Gasteiger partial charge in [-0.1, -0.05) is 17.7 Å². The number of aliphatic hydroxyl groups excluding tert-OH is 1. The minimum atomic E-state index is -0.540. The van der Waals surface area contributed by atoms with Crippen LogP contribution in [-0.2, 0) is 0 Å². The number of halogens is 1. The number of β-amino-alcohol motifs (C(OH)–C–C–N with tert-alkyl or cyclic N) is 1. The lowest BCUT2D eigenvalue weighted by molar-refractivity contribution is 0.102. The molecule has 10 N–H and O–H groups in total. The lowest BCUT2D eigenvalue weighted by Crippen LogP contribution is -2.53. The number of nitrogens with two attached hydrogens (primary N) is 3. The molecule has 0 bridgehead atoms. The molecule has 1 amide bonds. The van der Waals surface area contributed by atoms with Gasteiger partial charge in [0.25, 0.3) is 5.91 Å². The molecule has 1 aromatic heterocycles. The largest absolute Gasteiger partial charge is 0.506 e. The molecule has 2 aliphatic heterocycles. The minimum absolute atomic E-state index is 0. The number of amides is 1. The number of nitrogens with zero attached hydrogens (tertiary/aromatic N) is 5. The predicted molar refractivity (Wildman–Crippen MR) is 161 cm³/mol. The molecular formula is C27H37ClN10O3. The molecule has 3 heterocycles. The summed E-state index contributed by atoms with van der Waals surface area (Å²) in [7, 11) is 0. The van der Waals surface area contributed by atoms with E-state index in [1.54, 1.807) is 24.3 Å². The Hall–Kier alpha value is -3.75. The second-order valence-electron chi connectivity index (χ2n) is 10.5. The standard InChI is InChI=1S/C27H36N10O3.ClH/c1-15-2-4-16(5-3-15)24(40)32-22-7-6-19(9-23(22)39)31-25-33-26(36-12-17(29)8-18(30)13-36)35-27(34-25)37-14-21(38)10-20(37)11-28;/h2-7,9,17-18,20-21,38-39H,8,10-14,28-30H2,1H3,(H,32,40)(H,31,33,34,35);1H/t17-,18+,20-,21-;/m0./s1. The molecule has 5 rings (SSSR count). The summed E-state index contributed by atoms with van der Waals surface area (Å²) >= 11 is 0. The van der Waals surface area contributed by atoms with Crippen molar-refractivity contribution in [1.82, 2.24) is 15.0 Å². The van der Waals surface area contributed by atoms with E-state index in [4.69, 9.17) is 22.2 Å². The molecule has 0 aliphatic carbocycles. The van der Waals surface area contributed by atoms with Crippen molar-refractivity contribution in [3.63, 3.8) is 0 Å². The van der Waals surface area contributed by atoms with Gasteiger partial charge in [-0.2, -0.15) is 15.0 Å². The van der Waals surface area contributed by atoms with E-state index in [2.05, 4.69) is 20.6 Å². The van der Waals surface area contributed by atoms with Crippen molar-refractivity contribution in [3.8, 4) is 5.75 Å². The zero-order valence-electron chi connectivity index (χ0n) is 22.8. The number of hydrogen-bond donors (Lipinski definition) is 7. The number of phenols is 1. The smallest absolute Gasteiger partial charge is 0.255 e. The maximum absolute atomic E-state index is 12.6. The highest BCUT2D eigenvalue weighted by molar-refractivity contribution is 6.05. The highest BCUT2D eigenvalue weighted by Gasteiger charge is 2.33. The van der Waals surface area contributed by atoms with Crippen LogP contribution in [0.25, 0.3) is 0 Å². The van der Waals surface area contributed by atoms with Crippen LogP contribution < -0.4 is 37.6 Å². The third-order valence-corrected chi connectivity index (χ3v) is 7.15. The number of anilines is 5. The van der Waals surface area contributed by atoms with Crippen molar-refractivity contribution in [3.05, 3.63) is 53.6 Å². The average molecular weight is 585 g/mol. The summed E-state index contributed by atoms with van der Waals surface area (Å²) in [6.45, 7) is 3.70. The van der Waals surface area contributed by atoms with Gasteiger partial charge in [0.05, 0.1) is 11.8 Å². The van der Waals surface area contributed by atoms with E-state index in [0.717, 1.165) is 5.56 Å². The molecule has 220 valence electrons. The number of carbonyl (C=O) groups is 1. The third-order valence-electron chi connectivity index (χ3n) is 7.15. The van der Waals surface area contributed by atoms with E-state index in [0.29, 0.717) is 62.2 Å². The van der Waals surface area contributed by atoms with Crippen LogP contribution in [0, 0.1) is 6.92 Å². The van der Waals surface area contributed by atoms with Crippen LogP contribution in [0.3, 0.4) is 0 Å². The fraction of sp³-hybridized carbons (Fsp3) is 0.407.